The van der Waals surface area contributed by atoms with Crippen LogP contribution < -0.4 is 0 Å². The van der Waals surface area contributed by atoms with Gasteiger partial charge in [0.1, 0.15) is 0 Å². The van der Waals surface area contributed by atoms with Crippen molar-refractivity contribution in [3.05, 3.63) is 35.9 Å². The van der Waals surface area contributed by atoms with E-state index in [-0.39, 0.29) is 5.92 Å². The molecule has 18 heavy (non-hydrogen) atoms. The molecule has 1 aromatic rings. The minimum Gasteiger partial charge on any atom is -0.481 e. The second-order valence-electron chi connectivity index (χ2n) is 4.35. The first-order chi connectivity index (χ1) is 8.61. The molecule has 0 bridgehead atoms. The predicted molar refractivity (Wildman–Crippen MR) is 80.0 cm³/mol. The van der Waals surface area contributed by atoms with Gasteiger partial charge in [0.05, 0.1) is 5.92 Å². The number of alkyl halides is 1. The first-order valence-corrected chi connectivity index (χ1v) is 7.56. The number of unbranched alkanes of at least 4 members (excludes halogenated alkanes) is 2. The van der Waals surface area contributed by atoms with Crippen molar-refractivity contribution in [2.24, 2.45) is 5.92 Å². The molecule has 0 fully saturated rings. The molecule has 1 rings (SSSR count). The van der Waals surface area contributed by atoms with E-state index >= 15 is 0 Å². The van der Waals surface area contributed by atoms with Gasteiger partial charge in [-0.2, -0.15) is 0 Å². The fourth-order valence-corrected chi connectivity index (χ4v) is 1.76. The Morgan fingerprint density at radius 3 is 2.28 bits per heavy atom. The van der Waals surface area contributed by atoms with Gasteiger partial charge in [-0.3, -0.25) is 4.79 Å². The van der Waals surface area contributed by atoms with Crippen LogP contribution in [0.4, 0.5) is 0 Å². The average molecular weight is 315 g/mol. The molecule has 0 saturated carbocycles. The van der Waals surface area contributed by atoms with Crippen LogP contribution in [-0.2, 0) is 10.1 Å². The normalized spacial score (nSPS) is 11.3. The zero-order chi connectivity index (χ0) is 13.8. The third-order valence-electron chi connectivity index (χ3n) is 2.66. The second-order valence-corrected chi connectivity index (χ2v) is 4.92. The molecule has 1 unspecified atom stereocenters. The van der Waals surface area contributed by atoms with Crippen molar-refractivity contribution in [1.29, 1.82) is 0 Å². The summed E-state index contributed by atoms with van der Waals surface area (Å²) in [7, 11) is 0. The highest BCUT2D eigenvalue weighted by Gasteiger charge is 2.08. The number of carbonyl (C=O) groups is 1. The van der Waals surface area contributed by atoms with Crippen LogP contribution in [0, 0.1) is 5.92 Å². The quantitative estimate of drug-likeness (QED) is 0.601. The van der Waals surface area contributed by atoms with Crippen LogP contribution in [0.25, 0.3) is 0 Å². The Morgan fingerprint density at radius 2 is 1.89 bits per heavy atom. The monoisotopic (exact) mass is 314 g/mol. The lowest BCUT2D eigenvalue weighted by Crippen LogP contribution is -2.08. The molecule has 0 saturated heterocycles. The number of benzene rings is 1. The molecule has 0 heterocycles. The van der Waals surface area contributed by atoms with Crippen molar-refractivity contribution in [3.63, 3.8) is 0 Å². The Morgan fingerprint density at radius 1 is 1.28 bits per heavy atom. The van der Waals surface area contributed by atoms with Gasteiger partial charge < -0.3 is 5.11 Å². The molecule has 0 aromatic heterocycles. The number of hydrogen-bond acceptors (Lipinski definition) is 1. The molecule has 0 radical (unpaired) electrons. The Bertz CT molecular complexity index is 312. The van der Waals surface area contributed by atoms with Crippen LogP contribution in [0.3, 0.4) is 0 Å². The molecule has 2 nitrogen and oxygen atoms in total. The molecular formula is C15H23BrO2. The molecule has 102 valence electrons. The third kappa shape index (κ3) is 9.23. The van der Waals surface area contributed by atoms with Crippen LogP contribution in [0.15, 0.2) is 30.3 Å². The first-order valence-electron chi connectivity index (χ1n) is 6.44. The van der Waals surface area contributed by atoms with Gasteiger partial charge in [-0.1, -0.05) is 79.4 Å². The molecule has 0 aliphatic rings. The van der Waals surface area contributed by atoms with Crippen molar-refractivity contribution < 1.29 is 9.90 Å². The summed E-state index contributed by atoms with van der Waals surface area (Å²) in [6.07, 6.45) is 4.18. The Kier molecular flexibility index (Phi) is 10.8. The lowest BCUT2D eigenvalue weighted by molar-refractivity contribution is -0.141. The standard InChI is InChI=1S/C8H16O2.C7H7Br/c1-3-4-5-6-7(2)8(9)10;8-6-7-4-2-1-3-5-7/h7H,3-6H2,1-2H3,(H,9,10);1-5H,6H2. The lowest BCUT2D eigenvalue weighted by Gasteiger charge is -2.03. The number of carboxylic acid groups (broad SMARTS) is 1. The first kappa shape index (κ1) is 17.2. The Balaban J connectivity index is 0.000000327. The number of hydrogen-bond donors (Lipinski definition) is 1. The van der Waals surface area contributed by atoms with Crippen LogP contribution in [-0.4, -0.2) is 11.1 Å². The molecule has 3 heteroatoms. The highest BCUT2D eigenvalue weighted by Crippen LogP contribution is 2.08. The number of rotatable bonds is 6. The van der Waals surface area contributed by atoms with E-state index in [9.17, 15) is 4.79 Å². The molecule has 1 atom stereocenters. The molecule has 0 spiro atoms. The molecule has 1 N–H and O–H groups in total. The lowest BCUT2D eigenvalue weighted by atomic mass is 10.0. The largest absolute Gasteiger partial charge is 0.481 e. The maximum Gasteiger partial charge on any atom is 0.306 e. The zero-order valence-corrected chi connectivity index (χ0v) is 12.8. The minimum atomic E-state index is -0.670. The highest BCUT2D eigenvalue weighted by molar-refractivity contribution is 9.08. The average Bonchev–Trinajstić information content (AvgIpc) is 2.40. The fraction of sp³-hybridized carbons (Fsp3) is 0.533. The van der Waals surface area contributed by atoms with E-state index in [0.29, 0.717) is 0 Å². The van der Waals surface area contributed by atoms with Crippen LogP contribution in [0.2, 0.25) is 0 Å². The van der Waals surface area contributed by atoms with Crippen molar-refractivity contribution in [1.82, 2.24) is 0 Å². The van der Waals surface area contributed by atoms with E-state index in [1.165, 1.54) is 5.56 Å². The topological polar surface area (TPSA) is 37.3 Å². The van der Waals surface area contributed by atoms with E-state index in [0.717, 1.165) is 31.0 Å². The molecular weight excluding hydrogens is 292 g/mol. The van der Waals surface area contributed by atoms with Crippen LogP contribution in [0.5, 0.6) is 0 Å². The van der Waals surface area contributed by atoms with Gasteiger partial charge >= 0.3 is 5.97 Å². The zero-order valence-electron chi connectivity index (χ0n) is 11.2. The van der Waals surface area contributed by atoms with Gasteiger partial charge in [0.15, 0.2) is 0 Å². The summed E-state index contributed by atoms with van der Waals surface area (Å²) in [6, 6.07) is 10.3. The summed E-state index contributed by atoms with van der Waals surface area (Å²) < 4.78 is 0. The molecule has 1 aromatic carbocycles. The third-order valence-corrected chi connectivity index (χ3v) is 3.31. The maximum atomic E-state index is 10.3. The number of halogens is 1. The van der Waals surface area contributed by atoms with E-state index in [1.54, 1.807) is 6.92 Å². The van der Waals surface area contributed by atoms with Gasteiger partial charge in [0.25, 0.3) is 0 Å². The number of aliphatic carboxylic acids is 1. The van der Waals surface area contributed by atoms with Gasteiger partial charge in [0, 0.05) is 5.33 Å². The van der Waals surface area contributed by atoms with Crippen LogP contribution >= 0.6 is 15.9 Å². The van der Waals surface area contributed by atoms with Crippen molar-refractivity contribution >= 4 is 21.9 Å². The summed E-state index contributed by atoms with van der Waals surface area (Å²) in [6.45, 7) is 3.88. The van der Waals surface area contributed by atoms with E-state index in [1.807, 2.05) is 18.2 Å². The molecule has 0 aliphatic heterocycles. The van der Waals surface area contributed by atoms with Gasteiger partial charge in [-0.15, -0.1) is 0 Å². The van der Waals surface area contributed by atoms with Crippen LogP contribution in [0.1, 0.15) is 45.1 Å². The fourth-order valence-electron chi connectivity index (χ4n) is 1.39. The SMILES string of the molecule is BrCc1ccccc1.CCCCCC(C)C(=O)O. The highest BCUT2D eigenvalue weighted by atomic mass is 79.9. The minimum absolute atomic E-state index is 0.161. The van der Waals surface area contributed by atoms with Gasteiger partial charge in [-0.05, 0) is 12.0 Å². The summed E-state index contributed by atoms with van der Waals surface area (Å²) in [4.78, 5) is 10.3. The van der Waals surface area contributed by atoms with Gasteiger partial charge in [-0.25, -0.2) is 0 Å². The van der Waals surface area contributed by atoms with Crippen molar-refractivity contribution in [2.75, 3.05) is 0 Å². The van der Waals surface area contributed by atoms with Crippen molar-refractivity contribution in [3.8, 4) is 0 Å². The number of carboxylic acids is 1. The summed E-state index contributed by atoms with van der Waals surface area (Å²) in [5.41, 5.74) is 1.33. The summed E-state index contributed by atoms with van der Waals surface area (Å²) in [5, 5.41) is 9.43. The molecule has 0 aliphatic carbocycles. The maximum absolute atomic E-state index is 10.3. The predicted octanol–water partition coefficient (Wildman–Crippen LogP) is 4.87. The van der Waals surface area contributed by atoms with Crippen molar-refractivity contribution in [2.45, 2.75) is 44.9 Å². The van der Waals surface area contributed by atoms with Gasteiger partial charge in [0.2, 0.25) is 0 Å². The second kappa shape index (κ2) is 11.3. The molecule has 0 amide bonds. The smallest absolute Gasteiger partial charge is 0.306 e. The van der Waals surface area contributed by atoms with E-state index < -0.39 is 5.97 Å². The summed E-state index contributed by atoms with van der Waals surface area (Å²) >= 11 is 3.36. The Hall–Kier alpha value is -0.830. The summed E-state index contributed by atoms with van der Waals surface area (Å²) in [5.74, 6) is -0.831. The van der Waals surface area contributed by atoms with E-state index in [2.05, 4.69) is 35.0 Å². The van der Waals surface area contributed by atoms with E-state index in [4.69, 9.17) is 5.11 Å². The Labute approximate surface area is 119 Å².